The Bertz CT molecular complexity index is 390. The molecule has 0 aromatic heterocycles. The lowest BCUT2D eigenvalue weighted by Gasteiger charge is -1.99. The molecule has 0 bridgehead atoms. The molecular weight excluding hydrogens is 187 g/mol. The van der Waals surface area contributed by atoms with E-state index in [-0.39, 0.29) is 5.82 Å². The minimum absolute atomic E-state index is 0.222. The maximum Gasteiger partial charge on any atom is 0.123 e. The van der Waals surface area contributed by atoms with Crippen molar-refractivity contribution in [2.24, 2.45) is 0 Å². The van der Waals surface area contributed by atoms with Crippen molar-refractivity contribution in [2.75, 3.05) is 0 Å². The average molecular weight is 202 g/mol. The van der Waals surface area contributed by atoms with Gasteiger partial charge in [0.15, 0.2) is 0 Å². The zero-order valence-electron chi connectivity index (χ0n) is 9.13. The van der Waals surface area contributed by atoms with E-state index in [4.69, 9.17) is 0 Å². The quantitative estimate of drug-likeness (QED) is 0.639. The van der Waals surface area contributed by atoms with E-state index >= 15 is 0 Å². The number of hydrogen-bond acceptors (Lipinski definition) is 0. The summed E-state index contributed by atoms with van der Waals surface area (Å²) in [5, 5.41) is 0. The van der Waals surface area contributed by atoms with E-state index in [1.807, 2.05) is 32.1 Å². The van der Waals surface area contributed by atoms with Gasteiger partial charge in [0.1, 0.15) is 5.82 Å². The Hall–Kier alpha value is -1.63. The maximum atomic E-state index is 12.7. The number of hydrogen-bond donors (Lipinski definition) is 0. The van der Waals surface area contributed by atoms with Gasteiger partial charge in [-0.1, -0.05) is 42.5 Å². The monoisotopic (exact) mass is 202 g/mol. The number of rotatable bonds is 3. The smallest absolute Gasteiger partial charge is 0.123 e. The molecule has 1 heteroatoms. The van der Waals surface area contributed by atoms with Crippen LogP contribution in [0.5, 0.6) is 0 Å². The molecule has 78 valence electrons. The van der Waals surface area contributed by atoms with Crippen LogP contribution in [0.4, 0.5) is 4.39 Å². The van der Waals surface area contributed by atoms with Gasteiger partial charge in [0.2, 0.25) is 0 Å². The summed E-state index contributed by atoms with van der Waals surface area (Å²) in [5.41, 5.74) is 3.06. The fraction of sp³-hybridized carbons (Fsp3) is 0.143. The van der Waals surface area contributed by atoms with E-state index in [1.165, 1.54) is 17.7 Å². The highest BCUT2D eigenvalue weighted by atomic mass is 19.1. The summed E-state index contributed by atoms with van der Waals surface area (Å²) in [6, 6.07) is 6.33. The molecule has 0 heterocycles. The Morgan fingerprint density at radius 3 is 2.33 bits per heavy atom. The predicted octanol–water partition coefficient (Wildman–Crippen LogP) is 4.36. The Morgan fingerprint density at radius 1 is 1.20 bits per heavy atom. The first-order valence-electron chi connectivity index (χ1n) is 4.86. The summed E-state index contributed by atoms with van der Waals surface area (Å²) in [4.78, 5) is 0. The lowest BCUT2D eigenvalue weighted by atomic mass is 10.1. The molecule has 0 N–H and O–H groups in total. The fourth-order valence-corrected chi connectivity index (χ4v) is 1.12. The van der Waals surface area contributed by atoms with Crippen LogP contribution >= 0.6 is 0 Å². The van der Waals surface area contributed by atoms with Gasteiger partial charge in [-0.25, -0.2) is 4.39 Å². The second kappa shape index (κ2) is 5.30. The molecule has 0 saturated carbocycles. The van der Waals surface area contributed by atoms with Crippen molar-refractivity contribution in [1.29, 1.82) is 0 Å². The standard InChI is InChI=1S/C14H15F/c1-11(2)5-4-6-12(3)13-7-9-14(15)10-8-13/h4-10H,3H2,1-2H3/b6-4-. The van der Waals surface area contributed by atoms with Crippen LogP contribution in [-0.2, 0) is 0 Å². The highest BCUT2D eigenvalue weighted by molar-refractivity contribution is 5.72. The third kappa shape index (κ3) is 3.94. The first-order chi connectivity index (χ1) is 7.09. The molecule has 0 unspecified atom stereocenters. The van der Waals surface area contributed by atoms with Crippen molar-refractivity contribution in [3.05, 3.63) is 66.0 Å². The molecule has 15 heavy (non-hydrogen) atoms. The molecule has 1 aromatic carbocycles. The van der Waals surface area contributed by atoms with Crippen LogP contribution in [-0.4, -0.2) is 0 Å². The second-order valence-electron chi connectivity index (χ2n) is 3.64. The zero-order chi connectivity index (χ0) is 11.3. The number of allylic oxidation sites excluding steroid dienone is 5. The number of benzene rings is 1. The summed E-state index contributed by atoms with van der Waals surface area (Å²) in [6.45, 7) is 7.98. The lowest BCUT2D eigenvalue weighted by molar-refractivity contribution is 0.627. The normalized spacial score (nSPS) is 10.3. The van der Waals surface area contributed by atoms with E-state index in [0.29, 0.717) is 0 Å². The fourth-order valence-electron chi connectivity index (χ4n) is 1.12. The summed E-state index contributed by atoms with van der Waals surface area (Å²) in [6.07, 6.45) is 5.87. The summed E-state index contributed by atoms with van der Waals surface area (Å²) >= 11 is 0. The maximum absolute atomic E-state index is 12.7. The number of halogens is 1. The largest absolute Gasteiger partial charge is 0.207 e. The van der Waals surface area contributed by atoms with Crippen molar-refractivity contribution < 1.29 is 4.39 Å². The van der Waals surface area contributed by atoms with Gasteiger partial charge in [-0.3, -0.25) is 0 Å². The lowest BCUT2D eigenvalue weighted by Crippen LogP contribution is -1.79. The first kappa shape index (κ1) is 11.4. The van der Waals surface area contributed by atoms with Crippen molar-refractivity contribution >= 4 is 5.57 Å². The molecule has 0 aliphatic heterocycles. The van der Waals surface area contributed by atoms with Gasteiger partial charge in [0.25, 0.3) is 0 Å². The molecule has 0 saturated heterocycles. The van der Waals surface area contributed by atoms with Gasteiger partial charge in [-0.2, -0.15) is 0 Å². The molecule has 1 rings (SSSR count). The molecular formula is C14H15F. The molecule has 0 fully saturated rings. The van der Waals surface area contributed by atoms with Gasteiger partial charge in [0, 0.05) is 0 Å². The van der Waals surface area contributed by atoms with Gasteiger partial charge in [-0.05, 0) is 37.1 Å². The van der Waals surface area contributed by atoms with Crippen LogP contribution in [0, 0.1) is 5.82 Å². The third-order valence-corrected chi connectivity index (χ3v) is 1.94. The van der Waals surface area contributed by atoms with Crippen molar-refractivity contribution in [3.8, 4) is 0 Å². The summed E-state index contributed by atoms with van der Waals surface area (Å²) in [7, 11) is 0. The summed E-state index contributed by atoms with van der Waals surface area (Å²) in [5.74, 6) is -0.222. The molecule has 0 amide bonds. The highest BCUT2D eigenvalue weighted by Crippen LogP contribution is 2.14. The van der Waals surface area contributed by atoms with Crippen LogP contribution in [0.2, 0.25) is 0 Å². The van der Waals surface area contributed by atoms with Crippen molar-refractivity contribution in [2.45, 2.75) is 13.8 Å². The SMILES string of the molecule is C=C(/C=C\C=C(C)C)c1ccc(F)cc1. The minimum Gasteiger partial charge on any atom is -0.207 e. The van der Waals surface area contributed by atoms with Crippen LogP contribution in [0.1, 0.15) is 19.4 Å². The predicted molar refractivity (Wildman–Crippen MR) is 64.0 cm³/mol. The summed E-state index contributed by atoms with van der Waals surface area (Å²) < 4.78 is 12.7. The Balaban J connectivity index is 2.74. The van der Waals surface area contributed by atoms with Gasteiger partial charge >= 0.3 is 0 Å². The topological polar surface area (TPSA) is 0 Å². The molecule has 0 atom stereocenters. The molecule has 0 radical (unpaired) electrons. The van der Waals surface area contributed by atoms with E-state index < -0.39 is 0 Å². The molecule has 0 aliphatic rings. The Morgan fingerprint density at radius 2 is 1.80 bits per heavy atom. The van der Waals surface area contributed by atoms with Crippen LogP contribution in [0.25, 0.3) is 5.57 Å². The van der Waals surface area contributed by atoms with Crippen LogP contribution < -0.4 is 0 Å². The first-order valence-corrected chi connectivity index (χ1v) is 4.86. The van der Waals surface area contributed by atoms with Gasteiger partial charge in [0.05, 0.1) is 0 Å². The van der Waals surface area contributed by atoms with Crippen molar-refractivity contribution in [1.82, 2.24) is 0 Å². The molecule has 1 aromatic rings. The zero-order valence-corrected chi connectivity index (χ0v) is 9.13. The highest BCUT2D eigenvalue weighted by Gasteiger charge is 1.94. The van der Waals surface area contributed by atoms with E-state index in [1.54, 1.807) is 12.1 Å². The van der Waals surface area contributed by atoms with Crippen molar-refractivity contribution in [3.63, 3.8) is 0 Å². The average Bonchev–Trinajstić information content (AvgIpc) is 2.18. The Labute approximate surface area is 90.4 Å². The molecule has 0 nitrogen and oxygen atoms in total. The van der Waals surface area contributed by atoms with Gasteiger partial charge < -0.3 is 0 Å². The third-order valence-electron chi connectivity index (χ3n) is 1.94. The second-order valence-corrected chi connectivity index (χ2v) is 3.64. The van der Waals surface area contributed by atoms with E-state index in [0.717, 1.165) is 11.1 Å². The van der Waals surface area contributed by atoms with Crippen LogP contribution in [0.15, 0.2) is 54.6 Å². The van der Waals surface area contributed by atoms with E-state index in [2.05, 4.69) is 6.58 Å². The minimum atomic E-state index is -0.222. The molecule has 0 aliphatic carbocycles. The molecule has 0 spiro atoms. The van der Waals surface area contributed by atoms with Gasteiger partial charge in [-0.15, -0.1) is 0 Å². The van der Waals surface area contributed by atoms with E-state index in [9.17, 15) is 4.39 Å². The Kier molecular flexibility index (Phi) is 4.04. The van der Waals surface area contributed by atoms with Crippen LogP contribution in [0.3, 0.4) is 0 Å².